The summed E-state index contributed by atoms with van der Waals surface area (Å²) < 4.78 is 0. The summed E-state index contributed by atoms with van der Waals surface area (Å²) in [6, 6.07) is 7.08. The van der Waals surface area contributed by atoms with Crippen LogP contribution in [0, 0.1) is 11.8 Å². The predicted octanol–water partition coefficient (Wildman–Crippen LogP) is 1.75. The standard InChI is InChI=1S/C16H23N3O2/c1-2-18-15(20)13-7-3-4-9-14(13)19-16(21)12-8-5-6-11(12)10-17/h3-4,7,9,11-12H,2,5-6,8,10,17H2,1H3,(H,18,20)(H,19,21)/t11-,12-/m1/s1. The van der Waals surface area contributed by atoms with Gasteiger partial charge >= 0.3 is 0 Å². The van der Waals surface area contributed by atoms with Crippen LogP contribution in [-0.4, -0.2) is 24.9 Å². The molecule has 0 radical (unpaired) electrons. The maximum atomic E-state index is 12.4. The molecule has 1 aromatic rings. The summed E-state index contributed by atoms with van der Waals surface area (Å²) in [6.07, 6.45) is 2.92. The van der Waals surface area contributed by atoms with Crippen LogP contribution >= 0.6 is 0 Å². The number of amides is 2. The second-order valence-electron chi connectivity index (χ2n) is 5.43. The Kier molecular flexibility index (Phi) is 5.33. The summed E-state index contributed by atoms with van der Waals surface area (Å²) in [5, 5.41) is 5.66. The first-order valence-corrected chi connectivity index (χ1v) is 7.55. The number of anilines is 1. The van der Waals surface area contributed by atoms with Gasteiger partial charge in [-0.25, -0.2) is 0 Å². The highest BCUT2D eigenvalue weighted by Crippen LogP contribution is 2.32. The summed E-state index contributed by atoms with van der Waals surface area (Å²) in [5.41, 5.74) is 6.79. The van der Waals surface area contributed by atoms with Gasteiger partial charge in [0.2, 0.25) is 5.91 Å². The van der Waals surface area contributed by atoms with Crippen molar-refractivity contribution >= 4 is 17.5 Å². The monoisotopic (exact) mass is 289 g/mol. The van der Waals surface area contributed by atoms with Crippen LogP contribution in [-0.2, 0) is 4.79 Å². The Morgan fingerprint density at radius 2 is 2.05 bits per heavy atom. The molecule has 0 aromatic heterocycles. The normalized spacial score (nSPS) is 21.0. The molecule has 5 heteroatoms. The second-order valence-corrected chi connectivity index (χ2v) is 5.43. The fourth-order valence-corrected chi connectivity index (χ4v) is 2.94. The molecule has 1 aromatic carbocycles. The lowest BCUT2D eigenvalue weighted by Gasteiger charge is -2.18. The Hall–Kier alpha value is -1.88. The van der Waals surface area contributed by atoms with Gasteiger partial charge < -0.3 is 16.4 Å². The van der Waals surface area contributed by atoms with Crippen molar-refractivity contribution in [1.29, 1.82) is 0 Å². The molecule has 5 nitrogen and oxygen atoms in total. The number of rotatable bonds is 5. The molecular weight excluding hydrogens is 266 g/mol. The second kappa shape index (κ2) is 7.22. The highest BCUT2D eigenvalue weighted by Gasteiger charge is 2.32. The third-order valence-electron chi connectivity index (χ3n) is 4.07. The molecule has 114 valence electrons. The Labute approximate surface area is 125 Å². The van der Waals surface area contributed by atoms with Gasteiger partial charge in [0.25, 0.3) is 5.91 Å². The topological polar surface area (TPSA) is 84.2 Å². The molecule has 0 saturated heterocycles. The summed E-state index contributed by atoms with van der Waals surface area (Å²) in [5.74, 6) is 0.00817. The first-order chi connectivity index (χ1) is 10.2. The molecule has 1 aliphatic rings. The van der Waals surface area contributed by atoms with E-state index in [0.717, 1.165) is 19.3 Å². The van der Waals surface area contributed by atoms with Crippen LogP contribution in [0.25, 0.3) is 0 Å². The number of nitrogens with one attached hydrogen (secondary N) is 2. The minimum absolute atomic E-state index is 0.0281. The maximum absolute atomic E-state index is 12.4. The molecule has 1 fully saturated rings. The van der Waals surface area contributed by atoms with E-state index in [9.17, 15) is 9.59 Å². The predicted molar refractivity (Wildman–Crippen MR) is 83.0 cm³/mol. The van der Waals surface area contributed by atoms with Crippen molar-refractivity contribution in [2.45, 2.75) is 26.2 Å². The fourth-order valence-electron chi connectivity index (χ4n) is 2.94. The number of carbonyl (C=O) groups is 2. The maximum Gasteiger partial charge on any atom is 0.253 e. The average molecular weight is 289 g/mol. The lowest BCUT2D eigenvalue weighted by atomic mass is 9.95. The summed E-state index contributed by atoms with van der Waals surface area (Å²) >= 11 is 0. The van der Waals surface area contributed by atoms with Gasteiger partial charge in [0.15, 0.2) is 0 Å². The Morgan fingerprint density at radius 1 is 1.29 bits per heavy atom. The van der Waals surface area contributed by atoms with E-state index in [-0.39, 0.29) is 23.7 Å². The van der Waals surface area contributed by atoms with Crippen molar-refractivity contribution < 1.29 is 9.59 Å². The van der Waals surface area contributed by atoms with E-state index in [4.69, 9.17) is 5.73 Å². The zero-order chi connectivity index (χ0) is 15.2. The Bertz CT molecular complexity index is 516. The minimum atomic E-state index is -0.171. The van der Waals surface area contributed by atoms with E-state index < -0.39 is 0 Å². The molecule has 0 bridgehead atoms. The number of carbonyl (C=O) groups excluding carboxylic acids is 2. The van der Waals surface area contributed by atoms with Crippen molar-refractivity contribution in [2.24, 2.45) is 17.6 Å². The average Bonchev–Trinajstić information content (AvgIpc) is 2.96. The van der Waals surface area contributed by atoms with E-state index in [2.05, 4.69) is 10.6 Å². The van der Waals surface area contributed by atoms with E-state index in [1.807, 2.05) is 13.0 Å². The highest BCUT2D eigenvalue weighted by atomic mass is 16.2. The molecule has 4 N–H and O–H groups in total. The first kappa shape index (κ1) is 15.5. The van der Waals surface area contributed by atoms with Gasteiger partial charge in [-0.3, -0.25) is 9.59 Å². The lowest BCUT2D eigenvalue weighted by molar-refractivity contribution is -0.120. The van der Waals surface area contributed by atoms with Gasteiger partial charge in [0.1, 0.15) is 0 Å². The Balaban J connectivity index is 2.12. The first-order valence-electron chi connectivity index (χ1n) is 7.55. The van der Waals surface area contributed by atoms with Crippen molar-refractivity contribution in [3.05, 3.63) is 29.8 Å². The summed E-state index contributed by atoms with van der Waals surface area (Å²) in [4.78, 5) is 24.4. The van der Waals surface area contributed by atoms with E-state index in [1.165, 1.54) is 0 Å². The third-order valence-corrected chi connectivity index (χ3v) is 4.07. The van der Waals surface area contributed by atoms with Gasteiger partial charge in [0.05, 0.1) is 11.3 Å². The molecule has 2 rings (SSSR count). The molecular formula is C16H23N3O2. The summed E-state index contributed by atoms with van der Waals surface area (Å²) in [7, 11) is 0. The molecule has 0 unspecified atom stereocenters. The molecule has 0 aliphatic heterocycles. The van der Waals surface area contributed by atoms with Gasteiger partial charge in [-0.2, -0.15) is 0 Å². The van der Waals surface area contributed by atoms with E-state index in [1.54, 1.807) is 18.2 Å². The van der Waals surface area contributed by atoms with Gasteiger partial charge in [-0.1, -0.05) is 18.6 Å². The van der Waals surface area contributed by atoms with Gasteiger partial charge in [-0.15, -0.1) is 0 Å². The van der Waals surface area contributed by atoms with Crippen LogP contribution in [0.15, 0.2) is 24.3 Å². The molecule has 0 heterocycles. The molecule has 21 heavy (non-hydrogen) atoms. The molecule has 2 amide bonds. The zero-order valence-corrected chi connectivity index (χ0v) is 12.4. The number of hydrogen-bond donors (Lipinski definition) is 3. The Morgan fingerprint density at radius 3 is 2.76 bits per heavy atom. The van der Waals surface area contributed by atoms with E-state index >= 15 is 0 Å². The minimum Gasteiger partial charge on any atom is -0.352 e. The van der Waals surface area contributed by atoms with Crippen LogP contribution in [0.4, 0.5) is 5.69 Å². The highest BCUT2D eigenvalue weighted by molar-refractivity contribution is 6.04. The molecule has 0 spiro atoms. The lowest BCUT2D eigenvalue weighted by Crippen LogP contribution is -2.31. The fraction of sp³-hybridized carbons (Fsp3) is 0.500. The smallest absolute Gasteiger partial charge is 0.253 e. The SMILES string of the molecule is CCNC(=O)c1ccccc1NC(=O)[C@@H]1CCC[C@@H]1CN. The van der Waals surface area contributed by atoms with Crippen molar-refractivity contribution in [2.75, 3.05) is 18.4 Å². The number of hydrogen-bond acceptors (Lipinski definition) is 3. The molecule has 1 aliphatic carbocycles. The quantitative estimate of drug-likeness (QED) is 0.772. The summed E-state index contributed by atoms with van der Waals surface area (Å²) in [6.45, 7) is 2.96. The van der Waals surface area contributed by atoms with Crippen LogP contribution in [0.1, 0.15) is 36.5 Å². The van der Waals surface area contributed by atoms with Crippen LogP contribution in [0.3, 0.4) is 0 Å². The number of para-hydroxylation sites is 1. The van der Waals surface area contributed by atoms with Crippen LogP contribution in [0.2, 0.25) is 0 Å². The molecule has 2 atom stereocenters. The largest absolute Gasteiger partial charge is 0.352 e. The van der Waals surface area contributed by atoms with E-state index in [0.29, 0.717) is 24.3 Å². The zero-order valence-electron chi connectivity index (χ0n) is 12.4. The third kappa shape index (κ3) is 3.61. The number of nitrogens with two attached hydrogens (primary N) is 1. The van der Waals surface area contributed by atoms with Gasteiger partial charge in [0, 0.05) is 12.5 Å². The van der Waals surface area contributed by atoms with Gasteiger partial charge in [-0.05, 0) is 44.4 Å². The van der Waals surface area contributed by atoms with Crippen molar-refractivity contribution in [1.82, 2.24) is 5.32 Å². The van der Waals surface area contributed by atoms with Crippen LogP contribution in [0.5, 0.6) is 0 Å². The van der Waals surface area contributed by atoms with Crippen LogP contribution < -0.4 is 16.4 Å². The molecule has 1 saturated carbocycles. The van der Waals surface area contributed by atoms with Crippen molar-refractivity contribution in [3.8, 4) is 0 Å². The number of benzene rings is 1. The van der Waals surface area contributed by atoms with Crippen molar-refractivity contribution in [3.63, 3.8) is 0 Å².